The van der Waals surface area contributed by atoms with Crippen LogP contribution in [0.5, 0.6) is 0 Å². The van der Waals surface area contributed by atoms with Gasteiger partial charge in [-0.15, -0.1) is 0 Å². The zero-order valence-corrected chi connectivity index (χ0v) is 15.6. The van der Waals surface area contributed by atoms with Crippen LogP contribution in [-0.2, 0) is 10.0 Å². The number of carbonyl (C=O) groups is 1. The number of nitro groups is 1. The molecule has 0 spiro atoms. The molecule has 9 heteroatoms. The van der Waals surface area contributed by atoms with E-state index in [-0.39, 0.29) is 27.6 Å². The van der Waals surface area contributed by atoms with Gasteiger partial charge >= 0.3 is 0 Å². The van der Waals surface area contributed by atoms with Crippen LogP contribution < -0.4 is 5.32 Å². The summed E-state index contributed by atoms with van der Waals surface area (Å²) >= 11 is 0. The fraction of sp³-hybridized carbons (Fsp3) is 0.235. The average molecular weight is 377 g/mol. The molecule has 0 bridgehead atoms. The molecular formula is C17H19N3O5S. The Morgan fingerprint density at radius 2 is 1.81 bits per heavy atom. The fourth-order valence-electron chi connectivity index (χ4n) is 2.32. The Kier molecular flexibility index (Phi) is 5.43. The van der Waals surface area contributed by atoms with Gasteiger partial charge in [0.05, 0.1) is 9.82 Å². The van der Waals surface area contributed by atoms with E-state index in [2.05, 4.69) is 5.32 Å². The number of ketones is 1. The number of hydrogen-bond donors (Lipinski definition) is 1. The third-order valence-corrected chi connectivity index (χ3v) is 5.78. The first-order valence-electron chi connectivity index (χ1n) is 7.63. The highest BCUT2D eigenvalue weighted by Gasteiger charge is 2.21. The van der Waals surface area contributed by atoms with Crippen LogP contribution in [0.1, 0.15) is 22.8 Å². The Labute approximate surface area is 151 Å². The number of rotatable bonds is 6. The van der Waals surface area contributed by atoms with Gasteiger partial charge in [-0.1, -0.05) is 6.07 Å². The molecule has 138 valence electrons. The molecule has 0 amide bonds. The van der Waals surface area contributed by atoms with E-state index in [1.165, 1.54) is 45.3 Å². The van der Waals surface area contributed by atoms with Gasteiger partial charge in [0.1, 0.15) is 5.69 Å². The minimum absolute atomic E-state index is 0.107. The molecule has 0 radical (unpaired) electrons. The molecule has 0 heterocycles. The van der Waals surface area contributed by atoms with Crippen LogP contribution in [0.3, 0.4) is 0 Å². The largest absolute Gasteiger partial charge is 0.350 e. The zero-order valence-electron chi connectivity index (χ0n) is 14.8. The number of nitro benzene ring substituents is 1. The number of carbonyl (C=O) groups excluding carboxylic acids is 1. The third-order valence-electron chi connectivity index (χ3n) is 3.83. The SMILES string of the molecule is CC(=O)c1ccc(Nc2ccc(C)c(S(=O)(=O)N(C)C)c2)c([N+](=O)[O-])c1. The lowest BCUT2D eigenvalue weighted by atomic mass is 10.1. The van der Waals surface area contributed by atoms with Crippen LogP contribution in [-0.4, -0.2) is 37.5 Å². The van der Waals surface area contributed by atoms with Gasteiger partial charge in [0.25, 0.3) is 5.69 Å². The molecule has 0 saturated heterocycles. The number of hydrogen-bond acceptors (Lipinski definition) is 6. The lowest BCUT2D eigenvalue weighted by Crippen LogP contribution is -2.23. The summed E-state index contributed by atoms with van der Waals surface area (Å²) in [4.78, 5) is 22.3. The number of benzene rings is 2. The molecule has 0 aliphatic heterocycles. The van der Waals surface area contributed by atoms with E-state index in [4.69, 9.17) is 0 Å². The molecule has 0 aliphatic rings. The molecule has 2 aromatic rings. The van der Waals surface area contributed by atoms with Crippen molar-refractivity contribution in [1.29, 1.82) is 0 Å². The van der Waals surface area contributed by atoms with E-state index in [0.29, 0.717) is 11.3 Å². The molecule has 2 rings (SSSR count). The molecule has 2 aromatic carbocycles. The summed E-state index contributed by atoms with van der Waals surface area (Å²) in [5, 5.41) is 14.2. The molecule has 0 fully saturated rings. The normalized spacial score (nSPS) is 11.4. The number of nitrogens with zero attached hydrogens (tertiary/aromatic N) is 2. The minimum atomic E-state index is -3.65. The zero-order chi connectivity index (χ0) is 19.6. The van der Waals surface area contributed by atoms with Crippen LogP contribution in [0.25, 0.3) is 0 Å². The Hall–Kier alpha value is -2.78. The van der Waals surface area contributed by atoms with Crippen molar-refractivity contribution >= 4 is 32.9 Å². The maximum absolute atomic E-state index is 12.4. The lowest BCUT2D eigenvalue weighted by molar-refractivity contribution is -0.383. The summed E-state index contributed by atoms with van der Waals surface area (Å²) < 4.78 is 25.9. The van der Waals surface area contributed by atoms with Crippen molar-refractivity contribution in [2.45, 2.75) is 18.7 Å². The van der Waals surface area contributed by atoms with Gasteiger partial charge in [0, 0.05) is 31.4 Å². The minimum Gasteiger partial charge on any atom is -0.350 e. The molecule has 0 aliphatic carbocycles. The molecule has 1 N–H and O–H groups in total. The van der Waals surface area contributed by atoms with Crippen molar-refractivity contribution in [1.82, 2.24) is 4.31 Å². The van der Waals surface area contributed by atoms with Crippen molar-refractivity contribution in [3.05, 3.63) is 57.6 Å². The molecule has 0 saturated carbocycles. The first-order chi connectivity index (χ1) is 12.0. The lowest BCUT2D eigenvalue weighted by Gasteiger charge is -2.15. The number of aryl methyl sites for hydroxylation is 1. The van der Waals surface area contributed by atoms with Gasteiger partial charge in [-0.05, 0) is 43.7 Å². The molecule has 26 heavy (non-hydrogen) atoms. The topological polar surface area (TPSA) is 110 Å². The standard InChI is InChI=1S/C17H19N3O5S/c1-11-5-7-14(10-17(11)26(24,25)19(3)4)18-15-8-6-13(12(2)21)9-16(15)20(22)23/h5-10,18H,1-4H3. The smallest absolute Gasteiger partial charge is 0.293 e. The highest BCUT2D eigenvalue weighted by atomic mass is 32.2. The second-order valence-electron chi connectivity index (χ2n) is 5.94. The maximum Gasteiger partial charge on any atom is 0.293 e. The Balaban J connectivity index is 2.50. The second-order valence-corrected chi connectivity index (χ2v) is 8.06. The van der Waals surface area contributed by atoms with Gasteiger partial charge in [0.15, 0.2) is 5.78 Å². The summed E-state index contributed by atoms with van der Waals surface area (Å²) in [6.45, 7) is 2.99. The molecule has 0 unspecified atom stereocenters. The van der Waals surface area contributed by atoms with Crippen molar-refractivity contribution < 1.29 is 18.1 Å². The van der Waals surface area contributed by atoms with Crippen LogP contribution in [0.2, 0.25) is 0 Å². The van der Waals surface area contributed by atoms with Crippen molar-refractivity contribution in [3.63, 3.8) is 0 Å². The molecular weight excluding hydrogens is 358 g/mol. The molecule has 0 atom stereocenters. The summed E-state index contributed by atoms with van der Waals surface area (Å²) in [6.07, 6.45) is 0. The third kappa shape index (κ3) is 3.89. The van der Waals surface area contributed by atoms with Crippen LogP contribution in [0, 0.1) is 17.0 Å². The number of nitrogens with one attached hydrogen (secondary N) is 1. The summed E-state index contributed by atoms with van der Waals surface area (Å²) in [7, 11) is -0.790. The van der Waals surface area contributed by atoms with E-state index >= 15 is 0 Å². The van der Waals surface area contributed by atoms with E-state index in [1.807, 2.05) is 0 Å². The van der Waals surface area contributed by atoms with Gasteiger partial charge < -0.3 is 5.32 Å². The predicted molar refractivity (Wildman–Crippen MR) is 98.4 cm³/mol. The monoisotopic (exact) mass is 377 g/mol. The summed E-state index contributed by atoms with van der Waals surface area (Å²) in [5.41, 5.74) is 1.06. The van der Waals surface area contributed by atoms with Gasteiger partial charge in [0.2, 0.25) is 10.0 Å². The van der Waals surface area contributed by atoms with Crippen LogP contribution in [0.4, 0.5) is 17.1 Å². The Bertz CT molecular complexity index is 984. The van der Waals surface area contributed by atoms with Crippen molar-refractivity contribution in [2.75, 3.05) is 19.4 Å². The van der Waals surface area contributed by atoms with Crippen molar-refractivity contribution in [3.8, 4) is 0 Å². The highest BCUT2D eigenvalue weighted by molar-refractivity contribution is 7.89. The summed E-state index contributed by atoms with van der Waals surface area (Å²) in [6, 6.07) is 8.77. The Morgan fingerprint density at radius 3 is 2.35 bits per heavy atom. The van der Waals surface area contributed by atoms with E-state index < -0.39 is 14.9 Å². The van der Waals surface area contributed by atoms with Crippen LogP contribution in [0.15, 0.2) is 41.3 Å². The van der Waals surface area contributed by atoms with Gasteiger partial charge in [-0.3, -0.25) is 14.9 Å². The molecule has 8 nitrogen and oxygen atoms in total. The van der Waals surface area contributed by atoms with Crippen molar-refractivity contribution in [2.24, 2.45) is 0 Å². The summed E-state index contributed by atoms with van der Waals surface area (Å²) in [5.74, 6) is -0.283. The first kappa shape index (κ1) is 19.5. The van der Waals surface area contributed by atoms with Crippen LogP contribution >= 0.6 is 0 Å². The number of Topliss-reactive ketones (excluding diaryl/α,β-unsaturated/α-hetero) is 1. The predicted octanol–water partition coefficient (Wildman–Crippen LogP) is 3.10. The molecule has 0 aromatic heterocycles. The van der Waals surface area contributed by atoms with E-state index in [9.17, 15) is 23.3 Å². The van der Waals surface area contributed by atoms with E-state index in [1.54, 1.807) is 19.1 Å². The maximum atomic E-state index is 12.4. The quantitative estimate of drug-likeness (QED) is 0.470. The van der Waals surface area contributed by atoms with Gasteiger partial charge in [-0.25, -0.2) is 12.7 Å². The number of sulfonamides is 1. The number of anilines is 2. The highest BCUT2D eigenvalue weighted by Crippen LogP contribution is 2.30. The Morgan fingerprint density at radius 1 is 1.15 bits per heavy atom. The first-order valence-corrected chi connectivity index (χ1v) is 9.07. The average Bonchev–Trinajstić information content (AvgIpc) is 2.56. The fourth-order valence-corrected chi connectivity index (χ4v) is 3.46. The second kappa shape index (κ2) is 7.22. The van der Waals surface area contributed by atoms with E-state index in [0.717, 1.165) is 4.31 Å². The van der Waals surface area contributed by atoms with Gasteiger partial charge in [-0.2, -0.15) is 0 Å².